The summed E-state index contributed by atoms with van der Waals surface area (Å²) in [6, 6.07) is 1.63. The molecule has 1 aromatic rings. The van der Waals surface area contributed by atoms with Gasteiger partial charge in [0.25, 0.3) is 5.91 Å². The molecule has 0 N–H and O–H groups in total. The quantitative estimate of drug-likeness (QED) is 0.657. The van der Waals surface area contributed by atoms with Crippen LogP contribution in [0.3, 0.4) is 0 Å². The number of hydrogen-bond acceptors (Lipinski definition) is 4. The molecule has 0 radical (unpaired) electrons. The van der Waals surface area contributed by atoms with E-state index in [4.69, 9.17) is 4.84 Å². The predicted octanol–water partition coefficient (Wildman–Crippen LogP) is 0.644. The first-order chi connectivity index (χ1) is 6.88. The van der Waals surface area contributed by atoms with E-state index in [1.807, 2.05) is 0 Å². The molecule has 0 unspecified atom stereocenters. The monoisotopic (exact) mass is 193 g/mol. The van der Waals surface area contributed by atoms with Crippen molar-refractivity contribution >= 4 is 5.91 Å². The smallest absolute Gasteiger partial charge is 0.271 e. The molecule has 0 saturated carbocycles. The van der Waals surface area contributed by atoms with Crippen LogP contribution in [0, 0.1) is 0 Å². The average molecular weight is 193 g/mol. The molecule has 1 aliphatic heterocycles. The minimum Gasteiger partial charge on any atom is -0.271 e. The molecule has 2 rings (SSSR count). The maximum absolute atomic E-state index is 11.7. The maximum atomic E-state index is 11.7. The van der Waals surface area contributed by atoms with Gasteiger partial charge in [0.2, 0.25) is 0 Å². The Bertz CT molecular complexity index is 309. The maximum Gasteiger partial charge on any atom is 0.279 e. The van der Waals surface area contributed by atoms with Crippen molar-refractivity contribution in [1.82, 2.24) is 15.3 Å². The Morgan fingerprint density at radius 1 is 1.43 bits per heavy atom. The van der Waals surface area contributed by atoms with Crippen LogP contribution in [0.4, 0.5) is 0 Å². The van der Waals surface area contributed by atoms with Crippen LogP contribution < -0.4 is 0 Å². The molecule has 1 aliphatic rings. The number of aromatic nitrogens is 2. The summed E-state index contributed by atoms with van der Waals surface area (Å²) in [5.74, 6) is -0.139. The van der Waals surface area contributed by atoms with Crippen LogP contribution in [0.2, 0.25) is 0 Å². The molecule has 0 atom stereocenters. The Balaban J connectivity index is 2.07. The van der Waals surface area contributed by atoms with Crippen molar-refractivity contribution in [3.8, 4) is 0 Å². The average Bonchev–Trinajstić information content (AvgIpc) is 2.30. The molecule has 74 valence electrons. The first-order valence-electron chi connectivity index (χ1n) is 4.59. The van der Waals surface area contributed by atoms with Crippen LogP contribution in [-0.2, 0) is 4.84 Å². The van der Waals surface area contributed by atoms with Gasteiger partial charge in [-0.2, -0.15) is 10.2 Å². The van der Waals surface area contributed by atoms with Crippen molar-refractivity contribution in [2.75, 3.05) is 13.2 Å². The molecule has 5 heteroatoms. The summed E-state index contributed by atoms with van der Waals surface area (Å²) in [7, 11) is 0. The van der Waals surface area contributed by atoms with Crippen LogP contribution >= 0.6 is 0 Å². The SMILES string of the molecule is O=C(c1ccnnc1)N1CCCCO1. The molecule has 0 spiro atoms. The lowest BCUT2D eigenvalue weighted by Crippen LogP contribution is -2.35. The van der Waals surface area contributed by atoms with Gasteiger partial charge in [0.1, 0.15) is 0 Å². The largest absolute Gasteiger partial charge is 0.279 e. The highest BCUT2D eigenvalue weighted by Crippen LogP contribution is 2.09. The van der Waals surface area contributed by atoms with Gasteiger partial charge in [-0.15, -0.1) is 0 Å². The Labute approximate surface area is 81.6 Å². The minimum atomic E-state index is -0.139. The summed E-state index contributed by atoms with van der Waals surface area (Å²) < 4.78 is 0. The number of amides is 1. The van der Waals surface area contributed by atoms with E-state index in [-0.39, 0.29) is 5.91 Å². The van der Waals surface area contributed by atoms with Crippen molar-refractivity contribution in [2.45, 2.75) is 12.8 Å². The van der Waals surface area contributed by atoms with Crippen molar-refractivity contribution in [3.05, 3.63) is 24.0 Å². The van der Waals surface area contributed by atoms with Gasteiger partial charge in [0, 0.05) is 6.54 Å². The molecule has 2 heterocycles. The molecule has 0 aliphatic carbocycles. The second kappa shape index (κ2) is 4.15. The summed E-state index contributed by atoms with van der Waals surface area (Å²) in [5, 5.41) is 8.65. The Morgan fingerprint density at radius 3 is 3.00 bits per heavy atom. The van der Waals surface area contributed by atoms with Gasteiger partial charge >= 0.3 is 0 Å². The number of hydroxylamine groups is 2. The molecular formula is C9H11N3O2. The number of hydrogen-bond donors (Lipinski definition) is 0. The zero-order chi connectivity index (χ0) is 9.80. The third-order valence-electron chi connectivity index (χ3n) is 2.06. The van der Waals surface area contributed by atoms with Crippen LogP contribution in [-0.4, -0.2) is 34.3 Å². The first-order valence-corrected chi connectivity index (χ1v) is 4.59. The van der Waals surface area contributed by atoms with E-state index in [9.17, 15) is 4.79 Å². The fraction of sp³-hybridized carbons (Fsp3) is 0.444. The zero-order valence-corrected chi connectivity index (χ0v) is 7.72. The highest BCUT2D eigenvalue weighted by atomic mass is 16.7. The Morgan fingerprint density at radius 2 is 2.36 bits per heavy atom. The molecule has 1 fully saturated rings. The van der Waals surface area contributed by atoms with E-state index in [1.54, 1.807) is 6.07 Å². The van der Waals surface area contributed by atoms with Crippen molar-refractivity contribution < 1.29 is 9.63 Å². The second-order valence-electron chi connectivity index (χ2n) is 3.08. The van der Waals surface area contributed by atoms with Crippen LogP contribution in [0.5, 0.6) is 0 Å². The number of nitrogens with zero attached hydrogens (tertiary/aromatic N) is 3. The van der Waals surface area contributed by atoms with Crippen molar-refractivity contribution in [3.63, 3.8) is 0 Å². The fourth-order valence-corrected chi connectivity index (χ4v) is 1.32. The van der Waals surface area contributed by atoms with Gasteiger partial charge in [-0.25, -0.2) is 5.06 Å². The molecule has 1 saturated heterocycles. The third kappa shape index (κ3) is 1.88. The lowest BCUT2D eigenvalue weighted by molar-refractivity contribution is -0.144. The van der Waals surface area contributed by atoms with E-state index in [0.29, 0.717) is 18.7 Å². The first kappa shape index (κ1) is 9.08. The standard InChI is InChI=1S/C9H11N3O2/c13-9(8-3-4-10-11-7-8)12-5-1-2-6-14-12/h3-4,7H,1-2,5-6H2. The third-order valence-corrected chi connectivity index (χ3v) is 2.06. The Kier molecular flexibility index (Phi) is 2.69. The van der Waals surface area contributed by atoms with Gasteiger partial charge < -0.3 is 0 Å². The molecule has 0 bridgehead atoms. The van der Waals surface area contributed by atoms with Gasteiger partial charge in [0.15, 0.2) is 0 Å². The molecule has 1 aromatic heterocycles. The van der Waals surface area contributed by atoms with Crippen LogP contribution in [0.1, 0.15) is 23.2 Å². The number of carbonyl (C=O) groups is 1. The highest BCUT2D eigenvalue weighted by Gasteiger charge is 2.19. The lowest BCUT2D eigenvalue weighted by Gasteiger charge is -2.25. The Hall–Kier alpha value is -1.49. The van der Waals surface area contributed by atoms with E-state index in [1.165, 1.54) is 17.5 Å². The summed E-state index contributed by atoms with van der Waals surface area (Å²) in [6.45, 7) is 1.27. The minimum absolute atomic E-state index is 0.139. The second-order valence-corrected chi connectivity index (χ2v) is 3.08. The topological polar surface area (TPSA) is 55.3 Å². The zero-order valence-electron chi connectivity index (χ0n) is 7.72. The van der Waals surface area contributed by atoms with Gasteiger partial charge in [0.05, 0.1) is 24.6 Å². The van der Waals surface area contributed by atoms with Gasteiger partial charge in [-0.3, -0.25) is 9.63 Å². The van der Waals surface area contributed by atoms with E-state index >= 15 is 0 Å². The summed E-state index contributed by atoms with van der Waals surface area (Å²) >= 11 is 0. The summed E-state index contributed by atoms with van der Waals surface area (Å²) in [4.78, 5) is 17.0. The molecule has 1 amide bonds. The van der Waals surface area contributed by atoms with Crippen molar-refractivity contribution in [2.24, 2.45) is 0 Å². The van der Waals surface area contributed by atoms with E-state index in [0.717, 1.165) is 12.8 Å². The molecule has 5 nitrogen and oxygen atoms in total. The highest BCUT2D eigenvalue weighted by molar-refractivity contribution is 5.93. The lowest BCUT2D eigenvalue weighted by atomic mass is 10.2. The van der Waals surface area contributed by atoms with Gasteiger partial charge in [-0.05, 0) is 18.9 Å². The van der Waals surface area contributed by atoms with E-state index < -0.39 is 0 Å². The fourth-order valence-electron chi connectivity index (χ4n) is 1.32. The van der Waals surface area contributed by atoms with Crippen LogP contribution in [0.15, 0.2) is 18.5 Å². The summed E-state index contributed by atoms with van der Waals surface area (Å²) in [5.41, 5.74) is 0.516. The number of carbonyl (C=O) groups excluding carboxylic acids is 1. The number of rotatable bonds is 1. The van der Waals surface area contributed by atoms with Crippen molar-refractivity contribution in [1.29, 1.82) is 0 Å². The van der Waals surface area contributed by atoms with Crippen LogP contribution in [0.25, 0.3) is 0 Å². The normalized spacial score (nSPS) is 16.7. The van der Waals surface area contributed by atoms with E-state index in [2.05, 4.69) is 10.2 Å². The summed E-state index contributed by atoms with van der Waals surface area (Å²) in [6.07, 6.45) is 4.94. The van der Waals surface area contributed by atoms with Gasteiger partial charge in [-0.1, -0.05) is 0 Å². The predicted molar refractivity (Wildman–Crippen MR) is 48.3 cm³/mol. The molecule has 0 aromatic carbocycles. The molecular weight excluding hydrogens is 182 g/mol. The molecule has 14 heavy (non-hydrogen) atoms.